The van der Waals surface area contributed by atoms with Crippen molar-refractivity contribution >= 4 is 11.9 Å². The van der Waals surface area contributed by atoms with Crippen LogP contribution >= 0.6 is 0 Å². The Kier molecular flexibility index (Phi) is 4.20. The highest BCUT2D eigenvalue weighted by molar-refractivity contribution is 5.80. The van der Waals surface area contributed by atoms with E-state index in [-0.39, 0.29) is 18.3 Å². The molecule has 0 aliphatic heterocycles. The van der Waals surface area contributed by atoms with Gasteiger partial charge in [-0.15, -0.1) is 0 Å². The summed E-state index contributed by atoms with van der Waals surface area (Å²) in [5.41, 5.74) is -2.49. The van der Waals surface area contributed by atoms with Gasteiger partial charge in [-0.2, -0.15) is 0 Å². The third kappa shape index (κ3) is 2.94. The van der Waals surface area contributed by atoms with Gasteiger partial charge in [0.2, 0.25) is 0 Å². The van der Waals surface area contributed by atoms with Crippen LogP contribution in [0, 0.1) is 17.3 Å². The van der Waals surface area contributed by atoms with E-state index in [1.165, 1.54) is 0 Å². The zero-order valence-corrected chi connectivity index (χ0v) is 14.7. The van der Waals surface area contributed by atoms with Gasteiger partial charge in [0.15, 0.2) is 6.61 Å². The average molecular weight is 340 g/mol. The van der Waals surface area contributed by atoms with Gasteiger partial charge in [0.05, 0.1) is 17.1 Å². The van der Waals surface area contributed by atoms with Crippen molar-refractivity contribution in [2.75, 3.05) is 6.61 Å². The zero-order valence-electron chi connectivity index (χ0n) is 14.7. The van der Waals surface area contributed by atoms with Gasteiger partial charge in [0, 0.05) is 6.42 Å². The normalized spacial score (nSPS) is 40.5. The smallest absolute Gasteiger partial charge is 0.344 e. The van der Waals surface area contributed by atoms with Crippen LogP contribution in [0.1, 0.15) is 59.3 Å². The van der Waals surface area contributed by atoms with Crippen LogP contribution in [0.3, 0.4) is 0 Å². The summed E-state index contributed by atoms with van der Waals surface area (Å²) in [6.07, 6.45) is 2.91. The minimum absolute atomic E-state index is 0.0226. The van der Waals surface area contributed by atoms with E-state index in [0.717, 1.165) is 12.8 Å². The highest BCUT2D eigenvalue weighted by Gasteiger charge is 2.63. The topological polar surface area (TPSA) is 93.1 Å². The fourth-order valence-corrected chi connectivity index (χ4v) is 4.87. The number of carbonyl (C=O) groups excluding carboxylic acids is 2. The summed E-state index contributed by atoms with van der Waals surface area (Å²) in [5, 5.41) is 20.9. The zero-order chi connectivity index (χ0) is 17.8. The largest absolute Gasteiger partial charge is 0.456 e. The molecule has 6 nitrogen and oxygen atoms in total. The van der Waals surface area contributed by atoms with Crippen molar-refractivity contribution in [1.82, 2.24) is 0 Å². The molecule has 4 fully saturated rings. The first-order chi connectivity index (χ1) is 11.1. The average Bonchev–Trinajstić information content (AvgIpc) is 2.48. The number of esters is 2. The molecule has 4 rings (SSSR count). The molecule has 5 unspecified atom stereocenters. The predicted molar refractivity (Wildman–Crippen MR) is 84.9 cm³/mol. The SMILES string of the molecule is CCC(C)(C)C(=O)OCC(=O)OC12CC3CC(C1)C(O)C(O)(C3)C2. The molecule has 0 radical (unpaired) electrons. The number of hydrogen-bond acceptors (Lipinski definition) is 6. The Hall–Kier alpha value is -1.14. The summed E-state index contributed by atoms with van der Waals surface area (Å²) in [4.78, 5) is 24.1. The van der Waals surface area contributed by atoms with Gasteiger partial charge in [0.25, 0.3) is 0 Å². The number of ether oxygens (including phenoxy) is 2. The van der Waals surface area contributed by atoms with Crippen LogP contribution < -0.4 is 0 Å². The van der Waals surface area contributed by atoms with Crippen LogP contribution in [0.2, 0.25) is 0 Å². The first kappa shape index (κ1) is 17.7. The molecular weight excluding hydrogens is 312 g/mol. The number of aliphatic hydroxyl groups excluding tert-OH is 1. The third-order valence-electron chi connectivity index (χ3n) is 6.29. The molecule has 0 aromatic carbocycles. The van der Waals surface area contributed by atoms with E-state index in [1.54, 1.807) is 13.8 Å². The maximum Gasteiger partial charge on any atom is 0.344 e. The van der Waals surface area contributed by atoms with Gasteiger partial charge >= 0.3 is 11.9 Å². The molecule has 2 N–H and O–H groups in total. The van der Waals surface area contributed by atoms with Crippen molar-refractivity contribution in [1.29, 1.82) is 0 Å². The van der Waals surface area contributed by atoms with Crippen LogP contribution in [0.5, 0.6) is 0 Å². The van der Waals surface area contributed by atoms with E-state index in [4.69, 9.17) is 9.47 Å². The van der Waals surface area contributed by atoms with Gasteiger partial charge in [-0.3, -0.25) is 4.79 Å². The van der Waals surface area contributed by atoms with Crippen LogP contribution in [-0.4, -0.2) is 46.1 Å². The summed E-state index contributed by atoms with van der Waals surface area (Å²) in [6, 6.07) is 0. The highest BCUT2D eigenvalue weighted by atomic mass is 16.6. The number of carbonyl (C=O) groups is 2. The van der Waals surface area contributed by atoms with Crippen molar-refractivity contribution in [3.05, 3.63) is 0 Å². The quantitative estimate of drug-likeness (QED) is 0.738. The van der Waals surface area contributed by atoms with E-state index >= 15 is 0 Å². The van der Waals surface area contributed by atoms with Crippen molar-refractivity contribution in [3.8, 4) is 0 Å². The molecule has 4 saturated carbocycles. The minimum Gasteiger partial charge on any atom is -0.456 e. The molecule has 4 aliphatic rings. The third-order valence-corrected chi connectivity index (χ3v) is 6.29. The Balaban J connectivity index is 1.60. The standard InChI is InChI=1S/C18H28O6/c1-4-16(2,3)15(21)23-9-13(19)24-17-6-11-5-12(8-17)14(20)18(22,7-11)10-17/h11-12,14,20,22H,4-10H2,1-3H3. The molecule has 24 heavy (non-hydrogen) atoms. The fraction of sp³-hybridized carbons (Fsp3) is 0.889. The lowest BCUT2D eigenvalue weighted by molar-refractivity contribution is -0.261. The van der Waals surface area contributed by atoms with Crippen molar-refractivity contribution < 1.29 is 29.3 Å². The van der Waals surface area contributed by atoms with E-state index in [2.05, 4.69) is 0 Å². The Morgan fingerprint density at radius 1 is 1.25 bits per heavy atom. The molecule has 4 aliphatic carbocycles. The Morgan fingerprint density at radius 2 is 1.96 bits per heavy atom. The lowest BCUT2D eigenvalue weighted by atomic mass is 9.51. The van der Waals surface area contributed by atoms with Crippen molar-refractivity contribution in [2.24, 2.45) is 17.3 Å². The van der Waals surface area contributed by atoms with E-state index in [0.29, 0.717) is 19.3 Å². The first-order valence-electron chi connectivity index (χ1n) is 8.89. The van der Waals surface area contributed by atoms with Crippen LogP contribution in [0.15, 0.2) is 0 Å². The predicted octanol–water partition coefficient (Wildman–Crippen LogP) is 1.56. The van der Waals surface area contributed by atoms with Crippen molar-refractivity contribution in [2.45, 2.75) is 76.6 Å². The number of aliphatic hydroxyl groups is 2. The minimum atomic E-state index is -1.15. The fourth-order valence-electron chi connectivity index (χ4n) is 4.87. The summed E-state index contributed by atoms with van der Waals surface area (Å²) in [7, 11) is 0. The molecule has 0 spiro atoms. The van der Waals surface area contributed by atoms with Gasteiger partial charge < -0.3 is 19.7 Å². The molecule has 0 aromatic rings. The van der Waals surface area contributed by atoms with Crippen LogP contribution in [0.4, 0.5) is 0 Å². The van der Waals surface area contributed by atoms with Crippen LogP contribution in [0.25, 0.3) is 0 Å². The highest BCUT2D eigenvalue weighted by Crippen LogP contribution is 2.58. The van der Waals surface area contributed by atoms with Gasteiger partial charge in [-0.05, 0) is 57.8 Å². The molecule has 0 heterocycles. The van der Waals surface area contributed by atoms with Gasteiger partial charge in [-0.1, -0.05) is 6.92 Å². The van der Waals surface area contributed by atoms with Gasteiger partial charge in [-0.25, -0.2) is 4.79 Å². The maximum atomic E-state index is 12.2. The Bertz CT molecular complexity index is 544. The maximum absolute atomic E-state index is 12.2. The molecule has 0 amide bonds. The van der Waals surface area contributed by atoms with Crippen LogP contribution in [-0.2, 0) is 19.1 Å². The molecule has 0 aromatic heterocycles. The summed E-state index contributed by atoms with van der Waals surface area (Å²) in [5.74, 6) is -0.734. The summed E-state index contributed by atoms with van der Waals surface area (Å²) < 4.78 is 10.8. The molecular formula is C18H28O6. The summed E-state index contributed by atoms with van der Waals surface area (Å²) in [6.45, 7) is 5.04. The second-order valence-electron chi connectivity index (χ2n) is 8.67. The monoisotopic (exact) mass is 340 g/mol. The molecule has 4 bridgehead atoms. The Labute approximate surface area is 142 Å². The van der Waals surface area contributed by atoms with Gasteiger partial charge in [0.1, 0.15) is 5.60 Å². The lowest BCUT2D eigenvalue weighted by Gasteiger charge is -2.61. The number of rotatable bonds is 5. The van der Waals surface area contributed by atoms with E-state index in [9.17, 15) is 19.8 Å². The second-order valence-corrected chi connectivity index (χ2v) is 8.67. The Morgan fingerprint density at radius 3 is 2.58 bits per heavy atom. The number of hydrogen-bond donors (Lipinski definition) is 2. The van der Waals surface area contributed by atoms with E-state index < -0.39 is 41.3 Å². The lowest BCUT2D eigenvalue weighted by Crippen LogP contribution is -2.67. The second kappa shape index (κ2) is 5.70. The summed E-state index contributed by atoms with van der Waals surface area (Å²) >= 11 is 0. The van der Waals surface area contributed by atoms with E-state index in [1.807, 2.05) is 6.92 Å². The molecule has 0 saturated heterocycles. The first-order valence-corrected chi connectivity index (χ1v) is 8.89. The molecule has 6 heteroatoms. The molecule has 5 atom stereocenters. The van der Waals surface area contributed by atoms with Crippen molar-refractivity contribution in [3.63, 3.8) is 0 Å². The molecule has 136 valence electrons.